The zero-order chi connectivity index (χ0) is 23.0. The van der Waals surface area contributed by atoms with Gasteiger partial charge in [0.05, 0.1) is 0 Å². The van der Waals surface area contributed by atoms with E-state index in [1.807, 2.05) is 0 Å². The number of aromatic nitrogens is 1. The van der Waals surface area contributed by atoms with E-state index in [4.69, 9.17) is 16.7 Å². The highest BCUT2D eigenvalue weighted by atomic mass is 35.5. The molecule has 1 aromatic heterocycles. The van der Waals surface area contributed by atoms with Crippen molar-refractivity contribution in [1.82, 2.24) is 10.3 Å². The molecule has 1 saturated heterocycles. The largest absolute Gasteiger partial charge is 0.512 e. The highest BCUT2D eigenvalue weighted by molar-refractivity contribution is 6.30. The molecule has 2 amide bonds. The predicted molar refractivity (Wildman–Crippen MR) is 112 cm³/mol. The average molecular weight is 462 g/mol. The Labute approximate surface area is 185 Å². The van der Waals surface area contributed by atoms with Gasteiger partial charge in [0.25, 0.3) is 11.8 Å². The highest BCUT2D eigenvalue weighted by Gasteiger charge is 2.51. The van der Waals surface area contributed by atoms with E-state index in [1.165, 1.54) is 23.1 Å². The van der Waals surface area contributed by atoms with Gasteiger partial charge in [-0.05, 0) is 42.0 Å². The first-order chi connectivity index (χ1) is 15.2. The van der Waals surface area contributed by atoms with Crippen molar-refractivity contribution in [1.29, 1.82) is 0 Å². The van der Waals surface area contributed by atoms with Gasteiger partial charge >= 0.3 is 6.16 Å². The van der Waals surface area contributed by atoms with Crippen LogP contribution in [0.15, 0.2) is 42.5 Å². The molecule has 1 fully saturated rings. The molecule has 0 saturated carbocycles. The summed E-state index contributed by atoms with van der Waals surface area (Å²) in [6.07, 6.45) is -1.61. The zero-order valence-electron chi connectivity index (χ0n) is 16.4. The van der Waals surface area contributed by atoms with Gasteiger partial charge in [-0.2, -0.15) is 0 Å². The Morgan fingerprint density at radius 2 is 2.03 bits per heavy atom. The first kappa shape index (κ1) is 21.6. The first-order valence-corrected chi connectivity index (χ1v) is 9.85. The van der Waals surface area contributed by atoms with Crippen molar-refractivity contribution < 1.29 is 33.7 Å². The van der Waals surface area contributed by atoms with Crippen molar-refractivity contribution in [2.24, 2.45) is 0 Å². The molecule has 1 atom stereocenters. The first-order valence-electron chi connectivity index (χ1n) is 9.47. The van der Waals surface area contributed by atoms with Crippen LogP contribution in [-0.2, 0) is 16.1 Å². The molecule has 1 aliphatic heterocycles. The average Bonchev–Trinajstić information content (AvgIpc) is 3.25. The number of halogens is 2. The number of nitrogens with zero attached hydrogens (tertiary/aromatic N) is 1. The van der Waals surface area contributed by atoms with Gasteiger partial charge in [-0.1, -0.05) is 11.6 Å². The molecule has 0 radical (unpaired) electrons. The highest BCUT2D eigenvalue weighted by Crippen LogP contribution is 2.32. The number of hydrogen-bond acceptors (Lipinski definition) is 5. The van der Waals surface area contributed by atoms with Gasteiger partial charge in [0.15, 0.2) is 0 Å². The van der Waals surface area contributed by atoms with Crippen molar-refractivity contribution in [2.45, 2.75) is 18.6 Å². The fraction of sp³-hybridized carbons (Fsp3) is 0.190. The Hall–Kier alpha value is -3.63. The van der Waals surface area contributed by atoms with Crippen LogP contribution < -0.4 is 15.0 Å². The van der Waals surface area contributed by atoms with E-state index in [1.54, 1.807) is 18.2 Å². The van der Waals surface area contributed by atoms with Crippen LogP contribution in [0.2, 0.25) is 5.02 Å². The number of aliphatic hydroxyl groups is 1. The summed E-state index contributed by atoms with van der Waals surface area (Å²) < 4.78 is 18.0. The normalized spacial score (nSPS) is 18.2. The summed E-state index contributed by atoms with van der Waals surface area (Å²) >= 11 is 5.80. The third-order valence-corrected chi connectivity index (χ3v) is 5.35. The number of ether oxygens (including phenoxy) is 1. The Bertz CT molecular complexity index is 1230. The fourth-order valence-corrected chi connectivity index (χ4v) is 3.86. The van der Waals surface area contributed by atoms with Crippen LogP contribution in [-0.4, -0.2) is 45.3 Å². The summed E-state index contributed by atoms with van der Waals surface area (Å²) in [6.45, 7) is -0.0312. The van der Waals surface area contributed by atoms with Gasteiger partial charge < -0.3 is 30.2 Å². The molecule has 3 aromatic rings. The molecule has 11 heteroatoms. The number of carbonyl (C=O) groups is 3. The number of amides is 2. The molecule has 32 heavy (non-hydrogen) atoms. The van der Waals surface area contributed by atoms with Crippen LogP contribution in [0, 0.1) is 5.82 Å². The minimum Gasteiger partial charge on any atom is -0.449 e. The van der Waals surface area contributed by atoms with Crippen LogP contribution in [0.4, 0.5) is 14.9 Å². The molecule has 0 unspecified atom stereocenters. The van der Waals surface area contributed by atoms with Crippen LogP contribution in [0.25, 0.3) is 10.9 Å². The SMILES string of the molecule is O=C(O)Oc1cc2cc(N3CC[C@@](O)(C(=O)NCc4cc(F)cc(Cl)c4)C3=O)ccc2[nH]1. The number of H-pyrrole nitrogens is 1. The second-order valence-corrected chi connectivity index (χ2v) is 7.74. The summed E-state index contributed by atoms with van der Waals surface area (Å²) in [4.78, 5) is 40.2. The van der Waals surface area contributed by atoms with Crippen molar-refractivity contribution in [3.63, 3.8) is 0 Å². The van der Waals surface area contributed by atoms with E-state index in [0.717, 1.165) is 6.07 Å². The van der Waals surface area contributed by atoms with Crippen molar-refractivity contribution in [3.8, 4) is 5.88 Å². The van der Waals surface area contributed by atoms with Crippen molar-refractivity contribution >= 4 is 46.2 Å². The summed E-state index contributed by atoms with van der Waals surface area (Å²) in [6, 6.07) is 10.1. The molecule has 2 heterocycles. The summed E-state index contributed by atoms with van der Waals surface area (Å²) in [5.74, 6) is -2.25. The minimum absolute atomic E-state index is 0.0192. The molecule has 4 N–H and O–H groups in total. The number of anilines is 1. The van der Waals surface area contributed by atoms with E-state index in [0.29, 0.717) is 22.2 Å². The van der Waals surface area contributed by atoms with E-state index < -0.39 is 29.4 Å². The second kappa shape index (κ2) is 8.13. The monoisotopic (exact) mass is 461 g/mol. The van der Waals surface area contributed by atoms with E-state index in [2.05, 4.69) is 15.0 Å². The molecular formula is C21H17ClFN3O6. The Balaban J connectivity index is 1.49. The maximum Gasteiger partial charge on any atom is 0.512 e. The van der Waals surface area contributed by atoms with Crippen LogP contribution in [0.1, 0.15) is 12.0 Å². The van der Waals surface area contributed by atoms with Crippen molar-refractivity contribution in [3.05, 3.63) is 58.9 Å². The van der Waals surface area contributed by atoms with E-state index in [-0.39, 0.29) is 30.4 Å². The number of hydrogen-bond donors (Lipinski definition) is 4. The molecule has 0 spiro atoms. The number of benzene rings is 2. The Morgan fingerprint density at radius 3 is 2.75 bits per heavy atom. The third-order valence-electron chi connectivity index (χ3n) is 5.14. The van der Waals surface area contributed by atoms with Crippen LogP contribution >= 0.6 is 11.6 Å². The van der Waals surface area contributed by atoms with Gasteiger partial charge in [-0.25, -0.2) is 9.18 Å². The standard InChI is InChI=1S/C21H17ClFN3O6/c22-13-5-11(6-14(23)9-13)10-24-18(27)21(31)3-4-26(19(21)28)15-1-2-16-12(7-15)8-17(25-16)32-20(29)30/h1-2,5-9,25,31H,3-4,10H2,(H,24,27)(H,29,30)/t21-/m1/s1. The lowest BCUT2D eigenvalue weighted by atomic mass is 10.0. The smallest absolute Gasteiger partial charge is 0.449 e. The zero-order valence-corrected chi connectivity index (χ0v) is 17.1. The third kappa shape index (κ3) is 4.10. The number of carbonyl (C=O) groups excluding carboxylic acids is 2. The lowest BCUT2D eigenvalue weighted by Gasteiger charge is -2.22. The number of aromatic amines is 1. The van der Waals surface area contributed by atoms with Gasteiger partial charge in [-0.15, -0.1) is 0 Å². The number of carboxylic acid groups (broad SMARTS) is 1. The molecule has 166 valence electrons. The Morgan fingerprint density at radius 1 is 1.25 bits per heavy atom. The molecule has 4 rings (SSSR count). The van der Waals surface area contributed by atoms with Gasteiger partial charge in [-0.3, -0.25) is 9.59 Å². The predicted octanol–water partition coefficient (Wildman–Crippen LogP) is 2.80. The molecule has 1 aliphatic rings. The van der Waals surface area contributed by atoms with E-state index >= 15 is 0 Å². The molecule has 2 aromatic carbocycles. The summed E-state index contributed by atoms with van der Waals surface area (Å²) in [5, 5.41) is 22.7. The topological polar surface area (TPSA) is 132 Å². The molecule has 9 nitrogen and oxygen atoms in total. The van der Waals surface area contributed by atoms with Crippen molar-refractivity contribution in [2.75, 3.05) is 11.4 Å². The fourth-order valence-electron chi connectivity index (χ4n) is 3.61. The summed E-state index contributed by atoms with van der Waals surface area (Å²) in [5.41, 5.74) is -0.893. The summed E-state index contributed by atoms with van der Waals surface area (Å²) in [7, 11) is 0. The van der Waals surface area contributed by atoms with Gasteiger partial charge in [0.1, 0.15) is 5.82 Å². The maximum atomic E-state index is 13.5. The van der Waals surface area contributed by atoms with Gasteiger partial charge in [0.2, 0.25) is 11.5 Å². The van der Waals surface area contributed by atoms with Crippen LogP contribution in [0.5, 0.6) is 5.88 Å². The minimum atomic E-state index is -2.28. The maximum absolute atomic E-state index is 13.5. The lowest BCUT2D eigenvalue weighted by Crippen LogP contribution is -2.52. The Kier molecular flexibility index (Phi) is 5.49. The van der Waals surface area contributed by atoms with Crippen LogP contribution in [0.3, 0.4) is 0 Å². The molecule has 0 aliphatic carbocycles. The number of fused-ring (bicyclic) bond motifs is 1. The van der Waals surface area contributed by atoms with E-state index in [9.17, 15) is 23.9 Å². The second-order valence-electron chi connectivity index (χ2n) is 7.30. The van der Waals surface area contributed by atoms with Gasteiger partial charge in [0, 0.05) is 47.2 Å². The molecule has 0 bridgehead atoms. The lowest BCUT2D eigenvalue weighted by molar-refractivity contribution is -0.149. The number of rotatable bonds is 5. The number of nitrogens with one attached hydrogen (secondary N) is 2. The quantitative estimate of drug-likeness (QED) is 0.341. The molecular weight excluding hydrogens is 445 g/mol.